The molecule has 0 saturated carbocycles. The molecule has 4 N–H and O–H groups in total. The summed E-state index contributed by atoms with van der Waals surface area (Å²) >= 11 is 0. The molecule has 56 valence electrons. The lowest BCUT2D eigenvalue weighted by Gasteiger charge is -2.17. The summed E-state index contributed by atoms with van der Waals surface area (Å²) in [6, 6.07) is 0. The van der Waals surface area contributed by atoms with Gasteiger partial charge < -0.3 is 28.0 Å². The molecule has 0 aliphatic carbocycles. The van der Waals surface area contributed by atoms with Crippen LogP contribution in [-0.4, -0.2) is 19.6 Å². The quantitative estimate of drug-likeness (QED) is 0.439. The van der Waals surface area contributed by atoms with Crippen LogP contribution < -0.4 is 28.0 Å². The van der Waals surface area contributed by atoms with Gasteiger partial charge in [0, 0.05) is 12.8 Å². The summed E-state index contributed by atoms with van der Waals surface area (Å²) in [5.41, 5.74) is 5.49. The lowest BCUT2D eigenvalue weighted by molar-refractivity contribution is -0.664. The predicted molar refractivity (Wildman–Crippen MR) is 33.4 cm³/mol. The van der Waals surface area contributed by atoms with Crippen molar-refractivity contribution in [2.45, 2.75) is 12.8 Å². The van der Waals surface area contributed by atoms with Crippen molar-refractivity contribution in [1.82, 2.24) is 0 Å². The molecule has 0 bridgehead atoms. The van der Waals surface area contributed by atoms with E-state index >= 15 is 0 Å². The predicted octanol–water partition coefficient (Wildman–Crippen LogP) is -4.08. The van der Waals surface area contributed by atoms with Crippen molar-refractivity contribution in [2.75, 3.05) is 19.6 Å². The highest BCUT2D eigenvalue weighted by Crippen LogP contribution is 2.04. The molecule has 1 aliphatic heterocycles. The van der Waals surface area contributed by atoms with E-state index < -0.39 is 0 Å². The van der Waals surface area contributed by atoms with Gasteiger partial charge in [0.05, 0.1) is 13.1 Å². The zero-order valence-corrected chi connectivity index (χ0v) is 7.23. The summed E-state index contributed by atoms with van der Waals surface area (Å²) in [6.07, 6.45) is 2.66. The fourth-order valence-electron chi connectivity index (χ4n) is 1.23. The first-order valence-electron chi connectivity index (χ1n) is 3.45. The molecule has 0 spiro atoms. The Bertz CT molecular complexity index is 62.1. The van der Waals surface area contributed by atoms with Crippen molar-refractivity contribution < 1.29 is 22.3 Å². The van der Waals surface area contributed by atoms with Crippen LogP contribution in [0.1, 0.15) is 12.8 Å². The smallest absolute Gasteiger partial charge is 0.0758 e. The number of nitrogens with two attached hydrogens (primary N) is 2. The first-order chi connectivity index (χ1) is 3.93. The maximum Gasteiger partial charge on any atom is 0.0758 e. The van der Waals surface area contributed by atoms with Gasteiger partial charge in [0.2, 0.25) is 0 Å². The van der Waals surface area contributed by atoms with Gasteiger partial charge in [-0.15, -0.1) is 0 Å². The molecule has 1 fully saturated rings. The van der Waals surface area contributed by atoms with Crippen LogP contribution in [-0.2, 0) is 0 Å². The Labute approximate surface area is 67.0 Å². The van der Waals surface area contributed by atoms with Crippen molar-refractivity contribution in [2.24, 2.45) is 11.7 Å². The molecular weight excluding hydrogens is 180 g/mol. The van der Waals surface area contributed by atoms with Gasteiger partial charge in [-0.25, -0.2) is 0 Å². The van der Waals surface area contributed by atoms with Crippen molar-refractivity contribution in [3.05, 3.63) is 0 Å². The summed E-state index contributed by atoms with van der Waals surface area (Å²) < 4.78 is 0. The molecule has 0 aromatic heterocycles. The molecule has 3 heteroatoms. The van der Waals surface area contributed by atoms with Crippen LogP contribution in [0.3, 0.4) is 0 Å². The Morgan fingerprint density at radius 1 is 1.33 bits per heavy atom. The molecule has 0 aromatic rings. The maximum atomic E-state index is 5.49. The summed E-state index contributed by atoms with van der Waals surface area (Å²) in [5.74, 6) is 0.833. The van der Waals surface area contributed by atoms with Crippen LogP contribution in [0, 0.1) is 5.92 Å². The molecule has 1 aliphatic rings. The van der Waals surface area contributed by atoms with E-state index in [0.29, 0.717) is 0 Å². The Morgan fingerprint density at radius 3 is 2.22 bits per heavy atom. The van der Waals surface area contributed by atoms with E-state index in [1.165, 1.54) is 25.9 Å². The minimum absolute atomic E-state index is 0. The maximum absolute atomic E-state index is 5.49. The number of halogens is 1. The van der Waals surface area contributed by atoms with Gasteiger partial charge in [0.25, 0.3) is 0 Å². The third-order valence-corrected chi connectivity index (χ3v) is 1.89. The van der Waals surface area contributed by atoms with Crippen LogP contribution in [0.4, 0.5) is 0 Å². The highest BCUT2D eigenvalue weighted by molar-refractivity contribution is 4.60. The van der Waals surface area contributed by atoms with Gasteiger partial charge in [-0.3, -0.25) is 0 Å². The van der Waals surface area contributed by atoms with E-state index in [-0.39, 0.29) is 17.0 Å². The fourth-order valence-corrected chi connectivity index (χ4v) is 1.23. The Morgan fingerprint density at radius 2 is 1.89 bits per heavy atom. The molecule has 2 nitrogen and oxygen atoms in total. The third kappa shape index (κ3) is 3.18. The summed E-state index contributed by atoms with van der Waals surface area (Å²) in [6.45, 7) is 3.48. The number of rotatable bonds is 1. The summed E-state index contributed by atoms with van der Waals surface area (Å²) in [5, 5.41) is 2.37. The zero-order valence-electron chi connectivity index (χ0n) is 5.65. The van der Waals surface area contributed by atoms with E-state index in [0.717, 1.165) is 12.5 Å². The second-order valence-corrected chi connectivity index (χ2v) is 2.55. The van der Waals surface area contributed by atoms with Crippen LogP contribution in [0.15, 0.2) is 0 Å². The topological polar surface area (TPSA) is 42.6 Å². The Kier molecular flexibility index (Phi) is 5.44. The fraction of sp³-hybridized carbons (Fsp3) is 1.00. The van der Waals surface area contributed by atoms with Crippen LogP contribution >= 0.6 is 0 Å². The molecular formula is C6H15BrN2. The number of quaternary nitrogens is 1. The molecule has 0 atom stereocenters. The number of hydrogen-bond donors (Lipinski definition) is 2. The van der Waals surface area contributed by atoms with Gasteiger partial charge in [0.15, 0.2) is 0 Å². The third-order valence-electron chi connectivity index (χ3n) is 1.89. The zero-order chi connectivity index (χ0) is 5.82. The second kappa shape index (κ2) is 5.21. The molecule has 9 heavy (non-hydrogen) atoms. The number of piperidine rings is 1. The molecule has 0 unspecified atom stereocenters. The Hall–Kier alpha value is 0.400. The van der Waals surface area contributed by atoms with Crippen LogP contribution in [0.5, 0.6) is 0 Å². The van der Waals surface area contributed by atoms with Crippen LogP contribution in [0.25, 0.3) is 0 Å². The first-order valence-corrected chi connectivity index (χ1v) is 3.45. The largest absolute Gasteiger partial charge is 1.00 e. The molecule has 1 heterocycles. The molecule has 0 radical (unpaired) electrons. The molecule has 1 rings (SSSR count). The van der Waals surface area contributed by atoms with Gasteiger partial charge in [0.1, 0.15) is 0 Å². The van der Waals surface area contributed by atoms with Crippen molar-refractivity contribution in [1.29, 1.82) is 0 Å². The Balaban J connectivity index is 0.000000640. The van der Waals surface area contributed by atoms with Gasteiger partial charge in [-0.1, -0.05) is 0 Å². The summed E-state index contributed by atoms with van der Waals surface area (Å²) in [7, 11) is 0. The highest BCUT2D eigenvalue weighted by Gasteiger charge is 2.12. The first kappa shape index (κ1) is 9.40. The van der Waals surface area contributed by atoms with Gasteiger partial charge in [-0.05, 0) is 12.5 Å². The van der Waals surface area contributed by atoms with Crippen molar-refractivity contribution in [3.8, 4) is 0 Å². The normalized spacial score (nSPS) is 21.0. The lowest BCUT2D eigenvalue weighted by Crippen LogP contribution is -3.00. The average molecular weight is 195 g/mol. The van der Waals surface area contributed by atoms with E-state index in [1.807, 2.05) is 0 Å². The summed E-state index contributed by atoms with van der Waals surface area (Å²) in [4.78, 5) is 0. The molecule has 0 amide bonds. The monoisotopic (exact) mass is 194 g/mol. The van der Waals surface area contributed by atoms with Gasteiger partial charge >= 0.3 is 0 Å². The van der Waals surface area contributed by atoms with E-state index in [2.05, 4.69) is 5.32 Å². The standard InChI is InChI=1S/C6H14N2.BrH/c7-5-6-1-3-8-4-2-6;/h6,8H,1-5,7H2;1H. The van der Waals surface area contributed by atoms with E-state index in [9.17, 15) is 0 Å². The van der Waals surface area contributed by atoms with Gasteiger partial charge in [-0.2, -0.15) is 0 Å². The van der Waals surface area contributed by atoms with E-state index in [1.54, 1.807) is 0 Å². The SMILES string of the molecule is NCC1CC[NH2+]CC1.[Br-]. The number of hydrogen-bond acceptors (Lipinski definition) is 1. The highest BCUT2D eigenvalue weighted by atomic mass is 79.9. The van der Waals surface area contributed by atoms with Crippen molar-refractivity contribution in [3.63, 3.8) is 0 Å². The molecule has 1 saturated heterocycles. The minimum atomic E-state index is 0. The lowest BCUT2D eigenvalue weighted by atomic mass is 9.99. The minimum Gasteiger partial charge on any atom is -1.00 e. The molecule has 0 aromatic carbocycles. The van der Waals surface area contributed by atoms with Crippen molar-refractivity contribution >= 4 is 0 Å². The van der Waals surface area contributed by atoms with Crippen LogP contribution in [0.2, 0.25) is 0 Å². The average Bonchev–Trinajstić information content (AvgIpc) is 1.90. The second-order valence-electron chi connectivity index (χ2n) is 2.55. The van der Waals surface area contributed by atoms with E-state index in [4.69, 9.17) is 5.73 Å².